The largest absolute Gasteiger partial charge is 0.368 e. The van der Waals surface area contributed by atoms with Crippen molar-refractivity contribution in [3.05, 3.63) is 107 Å². The fraction of sp³-hybridized carbons (Fsp3) is 0.231. The Hall–Kier alpha value is -3.40. The summed E-state index contributed by atoms with van der Waals surface area (Å²) in [5, 5.41) is 2.92. The summed E-state index contributed by atoms with van der Waals surface area (Å²) in [6.45, 7) is 5.94. The molecule has 30 heavy (non-hydrogen) atoms. The molecule has 0 aliphatic rings. The van der Waals surface area contributed by atoms with Crippen LogP contribution in [0.3, 0.4) is 0 Å². The molecule has 3 rings (SSSR count). The molecule has 0 aromatic heterocycles. The van der Waals surface area contributed by atoms with E-state index >= 15 is 0 Å². The Labute approximate surface area is 178 Å². The number of hydrogen-bond donors (Lipinski definition) is 2. The minimum Gasteiger partial charge on any atom is -0.368 e. The molecular weight excluding hydrogens is 372 g/mol. The number of amides is 2. The summed E-state index contributed by atoms with van der Waals surface area (Å²) in [6.07, 6.45) is 0.349. The second kappa shape index (κ2) is 8.95. The average molecular weight is 401 g/mol. The lowest BCUT2D eigenvalue weighted by Gasteiger charge is -2.31. The number of benzene rings is 3. The Bertz CT molecular complexity index is 990. The van der Waals surface area contributed by atoms with Gasteiger partial charge < -0.3 is 11.1 Å². The molecular formula is C26H28N2O2. The van der Waals surface area contributed by atoms with E-state index in [4.69, 9.17) is 5.73 Å². The summed E-state index contributed by atoms with van der Waals surface area (Å²) in [5.74, 6) is -0.808. The zero-order chi connectivity index (χ0) is 21.7. The highest BCUT2D eigenvalue weighted by molar-refractivity contribution is 5.95. The monoisotopic (exact) mass is 400 g/mol. The molecule has 0 bridgehead atoms. The molecule has 4 heteroatoms. The predicted octanol–water partition coefficient (Wildman–Crippen LogP) is 3.82. The van der Waals surface area contributed by atoms with E-state index in [1.54, 1.807) is 0 Å². The van der Waals surface area contributed by atoms with Crippen LogP contribution in [-0.2, 0) is 21.4 Å². The number of hydrogen-bond acceptors (Lipinski definition) is 2. The van der Waals surface area contributed by atoms with Crippen molar-refractivity contribution in [2.75, 3.05) is 0 Å². The fourth-order valence-corrected chi connectivity index (χ4v) is 3.66. The lowest BCUT2D eigenvalue weighted by Crippen LogP contribution is -2.52. The van der Waals surface area contributed by atoms with Crippen LogP contribution in [0.1, 0.15) is 34.7 Å². The van der Waals surface area contributed by atoms with E-state index in [-0.39, 0.29) is 5.91 Å². The lowest BCUT2D eigenvalue weighted by atomic mass is 9.75. The third kappa shape index (κ3) is 4.43. The van der Waals surface area contributed by atoms with Gasteiger partial charge in [-0.1, -0.05) is 78.9 Å². The molecule has 0 fully saturated rings. The lowest BCUT2D eigenvalue weighted by molar-refractivity contribution is -0.129. The summed E-state index contributed by atoms with van der Waals surface area (Å²) in [7, 11) is 0. The van der Waals surface area contributed by atoms with Crippen LogP contribution >= 0.6 is 0 Å². The summed E-state index contributed by atoms with van der Waals surface area (Å²) in [4.78, 5) is 25.8. The van der Waals surface area contributed by atoms with Gasteiger partial charge in [0.1, 0.15) is 6.04 Å². The minimum absolute atomic E-state index is 0.257. The summed E-state index contributed by atoms with van der Waals surface area (Å²) in [5.41, 5.74) is 9.69. The van der Waals surface area contributed by atoms with E-state index in [0.717, 1.165) is 22.3 Å². The molecule has 3 N–H and O–H groups in total. The smallest absolute Gasteiger partial charge is 0.240 e. The molecule has 154 valence electrons. The Kier molecular flexibility index (Phi) is 6.36. The first kappa shape index (κ1) is 21.3. The van der Waals surface area contributed by atoms with Crippen molar-refractivity contribution in [3.8, 4) is 0 Å². The number of nitrogens with two attached hydrogens (primary N) is 1. The number of aryl methyl sites for hydroxylation is 2. The molecule has 0 spiro atoms. The van der Waals surface area contributed by atoms with Crippen molar-refractivity contribution in [2.45, 2.75) is 38.6 Å². The second-order valence-electron chi connectivity index (χ2n) is 7.91. The van der Waals surface area contributed by atoms with Crippen LogP contribution in [0.2, 0.25) is 0 Å². The van der Waals surface area contributed by atoms with Gasteiger partial charge in [-0.2, -0.15) is 0 Å². The van der Waals surface area contributed by atoms with Crippen LogP contribution in [0.15, 0.2) is 78.9 Å². The van der Waals surface area contributed by atoms with Gasteiger partial charge >= 0.3 is 0 Å². The fourth-order valence-electron chi connectivity index (χ4n) is 3.66. The number of nitrogens with one attached hydrogen (secondary N) is 1. The zero-order valence-electron chi connectivity index (χ0n) is 17.7. The molecule has 1 atom stereocenters. The topological polar surface area (TPSA) is 72.2 Å². The maximum absolute atomic E-state index is 13.6. The van der Waals surface area contributed by atoms with Crippen molar-refractivity contribution in [2.24, 2.45) is 5.73 Å². The number of carbonyl (C=O) groups is 2. The molecule has 2 amide bonds. The first-order chi connectivity index (χ1) is 14.3. The van der Waals surface area contributed by atoms with E-state index in [0.29, 0.717) is 6.42 Å². The molecule has 0 saturated heterocycles. The van der Waals surface area contributed by atoms with Gasteiger partial charge in [0.15, 0.2) is 0 Å². The van der Waals surface area contributed by atoms with Crippen LogP contribution in [0, 0.1) is 13.8 Å². The third-order valence-electron chi connectivity index (χ3n) is 5.82. The molecule has 3 aromatic carbocycles. The van der Waals surface area contributed by atoms with Crippen LogP contribution < -0.4 is 11.1 Å². The van der Waals surface area contributed by atoms with Crippen molar-refractivity contribution >= 4 is 11.8 Å². The summed E-state index contributed by atoms with van der Waals surface area (Å²) in [6, 6.07) is 24.4. The van der Waals surface area contributed by atoms with Crippen molar-refractivity contribution in [3.63, 3.8) is 0 Å². The number of rotatable bonds is 7. The highest BCUT2D eigenvalue weighted by atomic mass is 16.2. The van der Waals surface area contributed by atoms with Crippen LogP contribution in [-0.4, -0.2) is 17.9 Å². The molecule has 0 aliphatic heterocycles. The van der Waals surface area contributed by atoms with E-state index in [9.17, 15) is 9.59 Å². The molecule has 3 aromatic rings. The zero-order valence-corrected chi connectivity index (χ0v) is 17.7. The Balaban J connectivity index is 1.93. The summed E-state index contributed by atoms with van der Waals surface area (Å²) >= 11 is 0. The quantitative estimate of drug-likeness (QED) is 0.633. The van der Waals surface area contributed by atoms with Crippen molar-refractivity contribution in [1.29, 1.82) is 0 Å². The third-order valence-corrected chi connectivity index (χ3v) is 5.82. The van der Waals surface area contributed by atoms with E-state index in [2.05, 4.69) is 5.32 Å². The first-order valence-corrected chi connectivity index (χ1v) is 10.1. The Morgan fingerprint density at radius 2 is 1.40 bits per heavy atom. The van der Waals surface area contributed by atoms with Crippen molar-refractivity contribution in [1.82, 2.24) is 5.32 Å². The van der Waals surface area contributed by atoms with Gasteiger partial charge in [-0.3, -0.25) is 9.59 Å². The normalized spacial score (nSPS) is 12.2. The van der Waals surface area contributed by atoms with Crippen LogP contribution in [0.4, 0.5) is 0 Å². The molecule has 4 nitrogen and oxygen atoms in total. The Morgan fingerprint density at radius 1 is 0.867 bits per heavy atom. The first-order valence-electron chi connectivity index (χ1n) is 10.1. The van der Waals surface area contributed by atoms with E-state index < -0.39 is 17.4 Å². The highest BCUT2D eigenvalue weighted by Crippen LogP contribution is 2.32. The SMILES string of the molecule is Cc1ccc(C[C@H](NC(=O)C(C)(c2ccccc2)c2ccccc2)C(N)=O)cc1C. The van der Waals surface area contributed by atoms with E-state index in [1.807, 2.05) is 99.6 Å². The Morgan fingerprint density at radius 3 is 1.87 bits per heavy atom. The summed E-state index contributed by atoms with van der Waals surface area (Å²) < 4.78 is 0. The molecule has 0 aliphatic carbocycles. The average Bonchev–Trinajstić information content (AvgIpc) is 2.76. The standard InChI is InChI=1S/C26H28N2O2/c1-18-14-15-20(16-19(18)2)17-23(24(27)29)28-25(30)26(3,21-10-6-4-7-11-21)22-12-8-5-9-13-22/h4-16,23H,17H2,1-3H3,(H2,27,29)(H,28,30)/t23-/m0/s1. The highest BCUT2D eigenvalue weighted by Gasteiger charge is 2.38. The molecule has 0 unspecified atom stereocenters. The maximum Gasteiger partial charge on any atom is 0.240 e. The maximum atomic E-state index is 13.6. The van der Waals surface area contributed by atoms with Gasteiger partial charge in [0.2, 0.25) is 11.8 Å². The second-order valence-corrected chi connectivity index (χ2v) is 7.91. The van der Waals surface area contributed by atoms with Gasteiger partial charge in [-0.05, 0) is 48.6 Å². The van der Waals surface area contributed by atoms with E-state index in [1.165, 1.54) is 5.56 Å². The van der Waals surface area contributed by atoms with Crippen LogP contribution in [0.25, 0.3) is 0 Å². The van der Waals surface area contributed by atoms with Gasteiger partial charge in [0, 0.05) is 6.42 Å². The number of carbonyl (C=O) groups excluding carboxylic acids is 2. The van der Waals surface area contributed by atoms with Crippen molar-refractivity contribution < 1.29 is 9.59 Å². The number of primary amides is 1. The van der Waals surface area contributed by atoms with Crippen LogP contribution in [0.5, 0.6) is 0 Å². The van der Waals surface area contributed by atoms with Gasteiger partial charge in [0.25, 0.3) is 0 Å². The van der Waals surface area contributed by atoms with Gasteiger partial charge in [-0.25, -0.2) is 0 Å². The molecule has 0 radical (unpaired) electrons. The predicted molar refractivity (Wildman–Crippen MR) is 120 cm³/mol. The van der Waals surface area contributed by atoms with Gasteiger partial charge in [-0.15, -0.1) is 0 Å². The molecule has 0 heterocycles. The van der Waals surface area contributed by atoms with Gasteiger partial charge in [0.05, 0.1) is 5.41 Å². The molecule has 0 saturated carbocycles. The minimum atomic E-state index is -0.959.